The molecule has 1 aliphatic rings. The van der Waals surface area contributed by atoms with Crippen molar-refractivity contribution in [2.24, 2.45) is 0 Å². The molecule has 4 aromatic rings. The number of rotatable bonds is 6. The van der Waals surface area contributed by atoms with Gasteiger partial charge in [0, 0.05) is 0 Å². The van der Waals surface area contributed by atoms with Gasteiger partial charge in [0.1, 0.15) is 18.1 Å². The van der Waals surface area contributed by atoms with Gasteiger partial charge in [0.15, 0.2) is 0 Å². The lowest BCUT2D eigenvalue weighted by molar-refractivity contribution is -0.123. The molecule has 5 nitrogen and oxygen atoms in total. The third-order valence-electron chi connectivity index (χ3n) is 5.73. The maximum atomic E-state index is 12.9. The maximum Gasteiger partial charge on any atom is 0.329 e. The first-order chi connectivity index (χ1) is 17.0. The SMILES string of the molecule is O=C1N/C(=C/c2cc(I)c(OCc3cccc4ccccc34)c(I)c2)C(=O)N1Cc1ccccc1. The van der Waals surface area contributed by atoms with Gasteiger partial charge in [-0.2, -0.15) is 0 Å². The molecule has 0 atom stereocenters. The van der Waals surface area contributed by atoms with Crippen LogP contribution in [0.2, 0.25) is 0 Å². The Labute approximate surface area is 230 Å². The number of amides is 3. The van der Waals surface area contributed by atoms with E-state index in [0.717, 1.165) is 29.6 Å². The largest absolute Gasteiger partial charge is 0.487 e. The first-order valence-electron chi connectivity index (χ1n) is 11.0. The number of ether oxygens (including phenoxy) is 1. The summed E-state index contributed by atoms with van der Waals surface area (Å²) >= 11 is 4.49. The molecular formula is C28H20I2N2O3. The molecule has 5 rings (SSSR count). The third kappa shape index (κ3) is 5.20. The Balaban J connectivity index is 1.34. The van der Waals surface area contributed by atoms with Crippen LogP contribution >= 0.6 is 45.2 Å². The number of imide groups is 1. The van der Waals surface area contributed by atoms with Gasteiger partial charge in [-0.25, -0.2) is 4.79 Å². The molecule has 0 aromatic heterocycles. The van der Waals surface area contributed by atoms with E-state index >= 15 is 0 Å². The molecule has 1 aliphatic heterocycles. The Morgan fingerprint density at radius 2 is 1.54 bits per heavy atom. The van der Waals surface area contributed by atoms with E-state index < -0.39 is 6.03 Å². The molecular weight excluding hydrogens is 666 g/mol. The number of hydrogen-bond acceptors (Lipinski definition) is 3. The fourth-order valence-electron chi connectivity index (χ4n) is 4.02. The van der Waals surface area contributed by atoms with Crippen LogP contribution in [-0.4, -0.2) is 16.8 Å². The molecule has 1 fully saturated rings. The zero-order valence-electron chi connectivity index (χ0n) is 18.5. The van der Waals surface area contributed by atoms with Crippen LogP contribution in [0.25, 0.3) is 16.8 Å². The van der Waals surface area contributed by atoms with E-state index in [1.807, 2.05) is 60.7 Å². The molecule has 174 valence electrons. The van der Waals surface area contributed by atoms with E-state index in [-0.39, 0.29) is 18.1 Å². The number of urea groups is 1. The number of nitrogens with one attached hydrogen (secondary N) is 1. The average molecular weight is 686 g/mol. The Morgan fingerprint density at radius 3 is 2.31 bits per heavy atom. The van der Waals surface area contributed by atoms with E-state index in [9.17, 15) is 9.59 Å². The number of hydrogen-bond donors (Lipinski definition) is 1. The van der Waals surface area contributed by atoms with E-state index in [2.05, 4.69) is 74.8 Å². The molecule has 4 aromatic carbocycles. The Kier molecular flexibility index (Phi) is 7.05. The number of benzene rings is 4. The summed E-state index contributed by atoms with van der Waals surface area (Å²) in [5, 5.41) is 5.06. The predicted molar refractivity (Wildman–Crippen MR) is 154 cm³/mol. The Morgan fingerprint density at radius 1 is 0.857 bits per heavy atom. The second kappa shape index (κ2) is 10.4. The van der Waals surface area contributed by atoms with Gasteiger partial charge in [0.2, 0.25) is 0 Å². The summed E-state index contributed by atoms with van der Waals surface area (Å²) in [4.78, 5) is 26.5. The summed E-state index contributed by atoms with van der Waals surface area (Å²) in [5.74, 6) is 0.467. The number of nitrogens with zero attached hydrogens (tertiary/aromatic N) is 1. The van der Waals surface area contributed by atoms with Gasteiger partial charge in [-0.15, -0.1) is 0 Å². The highest BCUT2D eigenvalue weighted by Crippen LogP contribution is 2.31. The van der Waals surface area contributed by atoms with Gasteiger partial charge in [0.05, 0.1) is 13.7 Å². The molecule has 1 N–H and O–H groups in total. The Bertz CT molecular complexity index is 1440. The molecule has 3 amide bonds. The van der Waals surface area contributed by atoms with Crippen LogP contribution in [-0.2, 0) is 17.9 Å². The molecule has 0 bridgehead atoms. The van der Waals surface area contributed by atoms with Gasteiger partial charge in [-0.3, -0.25) is 9.69 Å². The molecule has 1 heterocycles. The molecule has 7 heteroatoms. The minimum Gasteiger partial charge on any atom is -0.487 e. The minimum absolute atomic E-state index is 0.235. The number of halogens is 2. The van der Waals surface area contributed by atoms with Gasteiger partial charge in [-0.1, -0.05) is 72.8 Å². The Hall–Kier alpha value is -2.92. The van der Waals surface area contributed by atoms with E-state index in [0.29, 0.717) is 6.61 Å². The van der Waals surface area contributed by atoms with Crippen molar-refractivity contribution in [3.8, 4) is 5.75 Å². The maximum absolute atomic E-state index is 12.9. The summed E-state index contributed by atoms with van der Waals surface area (Å²) in [7, 11) is 0. The van der Waals surface area contributed by atoms with Crippen molar-refractivity contribution in [2.75, 3.05) is 0 Å². The topological polar surface area (TPSA) is 58.6 Å². The lowest BCUT2D eigenvalue weighted by Gasteiger charge is -2.13. The molecule has 35 heavy (non-hydrogen) atoms. The van der Waals surface area contributed by atoms with E-state index in [1.165, 1.54) is 15.7 Å². The zero-order valence-corrected chi connectivity index (χ0v) is 22.8. The summed E-state index contributed by atoms with van der Waals surface area (Å²) < 4.78 is 8.09. The second-order valence-electron chi connectivity index (χ2n) is 8.11. The van der Waals surface area contributed by atoms with Crippen LogP contribution in [0, 0.1) is 7.14 Å². The van der Waals surface area contributed by atoms with Gasteiger partial charge >= 0.3 is 6.03 Å². The quantitative estimate of drug-likeness (QED) is 0.139. The van der Waals surface area contributed by atoms with Crippen molar-refractivity contribution < 1.29 is 14.3 Å². The summed E-state index contributed by atoms with van der Waals surface area (Å²) in [6.45, 7) is 0.690. The van der Waals surface area contributed by atoms with Crippen molar-refractivity contribution in [1.29, 1.82) is 0 Å². The molecule has 0 saturated carbocycles. The number of carbonyl (C=O) groups is 2. The normalized spacial score (nSPS) is 14.6. The highest BCUT2D eigenvalue weighted by atomic mass is 127. The molecule has 1 saturated heterocycles. The van der Waals surface area contributed by atoms with Gasteiger partial charge in [-0.05, 0) is 90.9 Å². The molecule has 0 radical (unpaired) electrons. The lowest BCUT2D eigenvalue weighted by Crippen LogP contribution is -2.30. The summed E-state index contributed by atoms with van der Waals surface area (Å²) in [6, 6.07) is 27.4. The van der Waals surface area contributed by atoms with Crippen molar-refractivity contribution >= 4 is 74.0 Å². The summed E-state index contributed by atoms with van der Waals surface area (Å²) in [6.07, 6.45) is 1.71. The first-order valence-corrected chi connectivity index (χ1v) is 13.1. The van der Waals surface area contributed by atoms with Crippen LogP contribution in [0.4, 0.5) is 4.79 Å². The van der Waals surface area contributed by atoms with E-state index in [1.54, 1.807) is 6.08 Å². The third-order valence-corrected chi connectivity index (χ3v) is 7.33. The smallest absolute Gasteiger partial charge is 0.329 e. The van der Waals surface area contributed by atoms with Gasteiger partial charge in [0.25, 0.3) is 5.91 Å². The minimum atomic E-state index is -0.412. The van der Waals surface area contributed by atoms with Crippen molar-refractivity contribution in [3.05, 3.63) is 114 Å². The van der Waals surface area contributed by atoms with Gasteiger partial charge < -0.3 is 10.1 Å². The van der Waals surface area contributed by atoms with Crippen LogP contribution < -0.4 is 10.1 Å². The first kappa shape index (κ1) is 23.8. The molecule has 0 spiro atoms. The fraction of sp³-hybridized carbons (Fsp3) is 0.0714. The molecule has 0 unspecified atom stereocenters. The van der Waals surface area contributed by atoms with E-state index in [4.69, 9.17) is 4.74 Å². The standard InChI is InChI=1S/C28H20I2N2O3/c29-23-13-19(15-25-27(33)32(28(34)31-25)16-18-7-2-1-3-8-18)14-24(30)26(23)35-17-21-11-6-10-20-9-4-5-12-22(20)21/h1-15H,16-17H2,(H,31,34)/b25-15+. The highest BCUT2D eigenvalue weighted by molar-refractivity contribution is 14.1. The van der Waals surface area contributed by atoms with Crippen LogP contribution in [0.1, 0.15) is 16.7 Å². The van der Waals surface area contributed by atoms with Crippen molar-refractivity contribution in [2.45, 2.75) is 13.2 Å². The number of carbonyl (C=O) groups excluding carboxylic acids is 2. The van der Waals surface area contributed by atoms with Crippen LogP contribution in [0.15, 0.2) is 90.6 Å². The monoisotopic (exact) mass is 686 g/mol. The van der Waals surface area contributed by atoms with Crippen LogP contribution in [0.3, 0.4) is 0 Å². The molecule has 0 aliphatic carbocycles. The zero-order chi connectivity index (χ0) is 24.4. The van der Waals surface area contributed by atoms with Crippen molar-refractivity contribution in [1.82, 2.24) is 10.2 Å². The highest BCUT2D eigenvalue weighted by Gasteiger charge is 2.33. The lowest BCUT2D eigenvalue weighted by atomic mass is 10.1. The van der Waals surface area contributed by atoms with Crippen molar-refractivity contribution in [3.63, 3.8) is 0 Å². The predicted octanol–water partition coefficient (Wildman–Crippen LogP) is 6.72. The fourth-order valence-corrected chi connectivity index (χ4v) is 6.14. The van der Waals surface area contributed by atoms with Crippen LogP contribution in [0.5, 0.6) is 5.75 Å². The number of fused-ring (bicyclic) bond motifs is 1. The summed E-state index contributed by atoms with van der Waals surface area (Å²) in [5.41, 5.74) is 3.11. The average Bonchev–Trinajstić information content (AvgIpc) is 3.11. The second-order valence-corrected chi connectivity index (χ2v) is 10.4.